The Morgan fingerprint density at radius 3 is 1.75 bits per heavy atom. The molecule has 16 nitrogen and oxygen atoms in total. The third-order valence-corrected chi connectivity index (χ3v) is 4.84. The first-order valence-electron chi connectivity index (χ1n) is 9.60. The number of hydrogen-bond acceptors (Lipinski definition) is 10. The second kappa shape index (κ2) is 12.4. The van der Waals surface area contributed by atoms with E-state index >= 15 is 0 Å². The third-order valence-electron chi connectivity index (χ3n) is 4.84. The van der Waals surface area contributed by atoms with Crippen LogP contribution in [0.25, 0.3) is 20.9 Å². The quantitative estimate of drug-likeness (QED) is 0.164. The molecule has 0 aromatic carbocycles. The van der Waals surface area contributed by atoms with Gasteiger partial charge < -0.3 is 40.5 Å². The van der Waals surface area contributed by atoms with Gasteiger partial charge in [0.1, 0.15) is 18.2 Å². The summed E-state index contributed by atoms with van der Waals surface area (Å²) in [6, 6.07) is -3.68. The Labute approximate surface area is 182 Å². The predicted molar refractivity (Wildman–Crippen MR) is 106 cm³/mol. The molecule has 2 amide bonds. The monoisotopic (exact) mass is 460 g/mol. The van der Waals surface area contributed by atoms with E-state index in [4.69, 9.17) is 20.5 Å². The largest absolute Gasteiger partial charge is 0.392 e. The fourth-order valence-electron chi connectivity index (χ4n) is 3.32. The van der Waals surface area contributed by atoms with Gasteiger partial charge >= 0.3 is 0 Å². The van der Waals surface area contributed by atoms with Crippen molar-refractivity contribution in [1.29, 1.82) is 0 Å². The number of ether oxygens (including phenoxy) is 2. The van der Waals surface area contributed by atoms with Crippen molar-refractivity contribution in [3.05, 3.63) is 20.9 Å². The zero-order valence-electron chi connectivity index (χ0n) is 17.9. The summed E-state index contributed by atoms with van der Waals surface area (Å²) >= 11 is 0. The molecule has 0 aromatic heterocycles. The average molecular weight is 460 g/mol. The number of nitrogens with one attached hydrogen (secondary N) is 2. The molecule has 10 atom stereocenters. The Balaban J connectivity index is 0.000000323. The fourth-order valence-corrected chi connectivity index (χ4v) is 3.32. The molecule has 180 valence electrons. The number of aliphatic hydroxyl groups excluding tert-OH is 4. The lowest BCUT2D eigenvalue weighted by Gasteiger charge is -2.42. The maximum atomic E-state index is 11.0. The van der Waals surface area contributed by atoms with Gasteiger partial charge in [-0.25, -0.2) is 0 Å². The van der Waals surface area contributed by atoms with Gasteiger partial charge in [-0.2, -0.15) is 0 Å². The van der Waals surface area contributed by atoms with Crippen LogP contribution in [0.2, 0.25) is 0 Å². The number of carbonyl (C=O) groups is 2. The first-order valence-corrected chi connectivity index (χ1v) is 9.60. The smallest absolute Gasteiger partial charge is 0.217 e. The summed E-state index contributed by atoms with van der Waals surface area (Å²) in [4.78, 5) is 26.9. The summed E-state index contributed by atoms with van der Waals surface area (Å²) < 4.78 is 10.1. The first-order chi connectivity index (χ1) is 14.9. The van der Waals surface area contributed by atoms with Gasteiger partial charge in [0.2, 0.25) is 11.8 Å². The molecule has 6 N–H and O–H groups in total. The molecule has 0 aromatic rings. The van der Waals surface area contributed by atoms with E-state index in [1.807, 2.05) is 0 Å². The van der Waals surface area contributed by atoms with Crippen molar-refractivity contribution in [3.63, 3.8) is 0 Å². The highest BCUT2D eigenvalue weighted by Crippen LogP contribution is 2.24. The molecule has 32 heavy (non-hydrogen) atoms. The van der Waals surface area contributed by atoms with Crippen molar-refractivity contribution in [3.8, 4) is 0 Å². The Hall–Kier alpha value is -2.68. The summed E-state index contributed by atoms with van der Waals surface area (Å²) in [7, 11) is 0. The maximum absolute atomic E-state index is 11.0. The van der Waals surface area contributed by atoms with E-state index in [-0.39, 0.29) is 5.91 Å². The number of rotatable bonds is 4. The minimum atomic E-state index is -1.39. The van der Waals surface area contributed by atoms with Crippen molar-refractivity contribution in [2.45, 2.75) is 88.9 Å². The fraction of sp³-hybridized carbons (Fsp3) is 0.875. The summed E-state index contributed by atoms with van der Waals surface area (Å²) in [5, 5.41) is 50.0. The highest BCUT2D eigenvalue weighted by molar-refractivity contribution is 5.74. The molecule has 0 saturated carbocycles. The van der Waals surface area contributed by atoms with Crippen LogP contribution in [0.5, 0.6) is 0 Å². The van der Waals surface area contributed by atoms with Crippen LogP contribution in [-0.4, -0.2) is 93.4 Å². The molecule has 0 radical (unpaired) electrons. The minimum absolute atomic E-state index is 0.317. The second-order valence-electron chi connectivity index (χ2n) is 7.29. The van der Waals surface area contributed by atoms with Gasteiger partial charge in [-0.05, 0) is 24.9 Å². The highest BCUT2D eigenvalue weighted by Gasteiger charge is 2.44. The number of amides is 2. The molecule has 2 aliphatic heterocycles. The van der Waals surface area contributed by atoms with Crippen molar-refractivity contribution in [2.75, 3.05) is 0 Å². The standard InChI is InChI=1S/C10H18N2O5.C6H10N6O3/c1-4-7(11-5(2)13)9(15)8(10(16)17-4)12-6(3)14;1-2-3(9-11-7)5(13)4(10-12-8)6(14)15-2/h4,7-10,15-16H,1-3H3,(H,11,13)(H,12,14);2-6,13-14H,1H3/t4?,7-,8?,9+,10?;2?,3-,4?,5+,6?/m11/s1. The third kappa shape index (κ3) is 7.19. The number of carbonyl (C=O) groups excluding carboxylic acids is 2. The Bertz CT molecular complexity index is 700. The van der Waals surface area contributed by atoms with Crippen molar-refractivity contribution < 1.29 is 39.5 Å². The van der Waals surface area contributed by atoms with Gasteiger partial charge in [0.15, 0.2) is 12.6 Å². The number of azide groups is 2. The first kappa shape index (κ1) is 27.4. The zero-order valence-corrected chi connectivity index (χ0v) is 17.9. The molecule has 2 aliphatic rings. The van der Waals surface area contributed by atoms with Crippen molar-refractivity contribution in [2.24, 2.45) is 10.2 Å². The Kier molecular flexibility index (Phi) is 10.6. The highest BCUT2D eigenvalue weighted by atomic mass is 16.6. The number of aliphatic hydroxyl groups is 4. The van der Waals surface area contributed by atoms with Crippen LogP contribution in [-0.2, 0) is 19.1 Å². The zero-order chi connectivity index (χ0) is 24.6. The molecule has 6 unspecified atom stereocenters. The van der Waals surface area contributed by atoms with Crippen LogP contribution >= 0.6 is 0 Å². The van der Waals surface area contributed by atoms with E-state index in [0.29, 0.717) is 0 Å². The van der Waals surface area contributed by atoms with Gasteiger partial charge in [0, 0.05) is 23.7 Å². The van der Waals surface area contributed by atoms with E-state index in [1.54, 1.807) is 6.92 Å². The van der Waals surface area contributed by atoms with E-state index in [0.717, 1.165) is 0 Å². The van der Waals surface area contributed by atoms with Crippen LogP contribution in [0.1, 0.15) is 27.7 Å². The van der Waals surface area contributed by atoms with Crippen LogP contribution in [0.3, 0.4) is 0 Å². The van der Waals surface area contributed by atoms with Crippen LogP contribution in [0.4, 0.5) is 0 Å². The van der Waals surface area contributed by atoms with Crippen LogP contribution in [0, 0.1) is 0 Å². The molecule has 2 saturated heterocycles. The second-order valence-corrected chi connectivity index (χ2v) is 7.29. The summed E-state index contributed by atoms with van der Waals surface area (Å²) in [5.41, 5.74) is 16.5. The summed E-state index contributed by atoms with van der Waals surface area (Å²) in [5.74, 6) is -0.713. The number of nitrogens with zero attached hydrogens (tertiary/aromatic N) is 6. The predicted octanol–water partition coefficient (Wildman–Crippen LogP) is -1.46. The molecule has 2 heterocycles. The van der Waals surface area contributed by atoms with E-state index in [1.165, 1.54) is 20.8 Å². The minimum Gasteiger partial charge on any atom is -0.392 e. The van der Waals surface area contributed by atoms with Gasteiger partial charge in [-0.15, -0.1) is 0 Å². The Morgan fingerprint density at radius 2 is 1.25 bits per heavy atom. The summed E-state index contributed by atoms with van der Waals surface area (Å²) in [6.07, 6.45) is -6.24. The van der Waals surface area contributed by atoms with Gasteiger partial charge in [-0.3, -0.25) is 9.59 Å². The van der Waals surface area contributed by atoms with Crippen LogP contribution < -0.4 is 10.6 Å². The molecular weight excluding hydrogens is 432 g/mol. The topological polar surface area (TPSA) is 255 Å². The van der Waals surface area contributed by atoms with Gasteiger partial charge in [0.25, 0.3) is 0 Å². The van der Waals surface area contributed by atoms with E-state index < -0.39 is 67.1 Å². The lowest BCUT2D eigenvalue weighted by atomic mass is 9.95. The molecule has 16 heteroatoms. The summed E-state index contributed by atoms with van der Waals surface area (Å²) in [6.45, 7) is 5.75. The lowest BCUT2D eigenvalue weighted by molar-refractivity contribution is -0.214. The molecule has 2 rings (SSSR count). The van der Waals surface area contributed by atoms with Crippen LogP contribution in [0.15, 0.2) is 10.2 Å². The van der Waals surface area contributed by atoms with E-state index in [9.17, 15) is 30.0 Å². The lowest BCUT2D eigenvalue weighted by Crippen LogP contribution is -2.66. The SMILES string of the molecule is CC(=O)NC1C(O)OC(C)[C@@H](NC(C)=O)[C@@H]1O.CC1OC(O)C(N=[N+]=[N-])[C@@H](O)[C@@H]1N=[N+]=[N-]. The normalized spacial score (nSPS) is 38.6. The van der Waals surface area contributed by atoms with Crippen molar-refractivity contribution >= 4 is 11.8 Å². The molecular formula is C16H28N8O8. The van der Waals surface area contributed by atoms with E-state index in [2.05, 4.69) is 30.7 Å². The maximum Gasteiger partial charge on any atom is 0.217 e. The molecule has 0 spiro atoms. The van der Waals surface area contributed by atoms with Gasteiger partial charge in [0.05, 0.1) is 30.4 Å². The molecule has 0 aliphatic carbocycles. The average Bonchev–Trinajstić information content (AvgIpc) is 2.69. The van der Waals surface area contributed by atoms with Crippen molar-refractivity contribution in [1.82, 2.24) is 10.6 Å². The van der Waals surface area contributed by atoms with Gasteiger partial charge in [-0.1, -0.05) is 10.2 Å². The molecule has 0 bridgehead atoms. The molecule has 2 fully saturated rings. The Morgan fingerprint density at radius 1 is 0.781 bits per heavy atom. The number of hydrogen-bond donors (Lipinski definition) is 6.